The summed E-state index contributed by atoms with van der Waals surface area (Å²) in [6, 6.07) is 11.5. The number of carbonyl (C=O) groups is 3. The van der Waals surface area contributed by atoms with E-state index in [-0.39, 0.29) is 12.1 Å². The molecule has 3 N–H and O–H groups in total. The third-order valence-corrected chi connectivity index (χ3v) is 3.91. The zero-order chi connectivity index (χ0) is 21.2. The number of hydrogen-bond acceptors (Lipinski definition) is 6. The Morgan fingerprint density at radius 3 is 2.45 bits per heavy atom. The molecule has 152 valence electrons. The minimum atomic E-state index is -1.12. The maximum Gasteiger partial charge on any atom is 0.336 e. The first kappa shape index (κ1) is 21.4. The molecule has 0 saturated carbocycles. The van der Waals surface area contributed by atoms with Gasteiger partial charge in [0, 0.05) is 12.1 Å². The molecule has 29 heavy (non-hydrogen) atoms. The second-order valence-corrected chi connectivity index (χ2v) is 5.79. The highest BCUT2D eigenvalue weighted by atomic mass is 16.5. The van der Waals surface area contributed by atoms with E-state index in [1.807, 2.05) is 6.07 Å². The Kier molecular flexibility index (Phi) is 7.72. The number of carbonyl (C=O) groups excluding carboxylic acids is 2. The Bertz CT molecular complexity index is 926. The first-order chi connectivity index (χ1) is 14.0. The Balaban J connectivity index is 1.84. The molecule has 0 fully saturated rings. The molecule has 0 aromatic heterocycles. The largest absolute Gasteiger partial charge is 0.493 e. The van der Waals surface area contributed by atoms with Crippen LogP contribution in [0.5, 0.6) is 11.5 Å². The number of benzene rings is 2. The van der Waals surface area contributed by atoms with Crippen LogP contribution >= 0.6 is 0 Å². The average molecular weight is 399 g/mol. The van der Waals surface area contributed by atoms with Crippen LogP contribution in [0.15, 0.2) is 47.6 Å². The molecule has 0 atom stereocenters. The molecule has 2 aromatic carbocycles. The number of hydrogen-bond donors (Lipinski definition) is 3. The Hall–Kier alpha value is -3.88. The van der Waals surface area contributed by atoms with E-state index < -0.39 is 17.8 Å². The molecule has 9 heteroatoms. The molecular weight excluding hydrogens is 378 g/mol. The standard InChI is InChI=1S/C20H21N3O6/c1-28-16-8-7-13(11-17(16)29-2)9-10-21-18(24)19(25)23-22-12-14-5-3-4-6-15(14)20(26)27/h3-8,11-12H,9-10H2,1-2H3,(H,21,24)(H,23,25)(H,26,27). The molecule has 2 rings (SSSR count). The van der Waals surface area contributed by atoms with Crippen molar-refractivity contribution in [2.75, 3.05) is 20.8 Å². The molecule has 0 saturated heterocycles. The van der Waals surface area contributed by atoms with Gasteiger partial charge in [0.15, 0.2) is 11.5 Å². The van der Waals surface area contributed by atoms with E-state index in [4.69, 9.17) is 14.6 Å². The van der Waals surface area contributed by atoms with Crippen molar-refractivity contribution in [2.24, 2.45) is 5.10 Å². The molecule has 0 unspecified atom stereocenters. The van der Waals surface area contributed by atoms with Gasteiger partial charge in [-0.05, 0) is 30.2 Å². The summed E-state index contributed by atoms with van der Waals surface area (Å²) in [5.74, 6) is -1.76. The number of nitrogens with zero attached hydrogens (tertiary/aromatic N) is 1. The van der Waals surface area contributed by atoms with E-state index in [2.05, 4.69) is 15.8 Å². The molecule has 2 amide bonds. The van der Waals surface area contributed by atoms with Gasteiger partial charge in [-0.3, -0.25) is 9.59 Å². The van der Waals surface area contributed by atoms with E-state index in [0.717, 1.165) is 11.8 Å². The van der Waals surface area contributed by atoms with Crippen molar-refractivity contribution < 1.29 is 29.0 Å². The SMILES string of the molecule is COc1ccc(CCNC(=O)C(=O)NN=Cc2ccccc2C(=O)O)cc1OC. The number of carboxylic acids is 1. The van der Waals surface area contributed by atoms with Gasteiger partial charge in [-0.15, -0.1) is 0 Å². The lowest BCUT2D eigenvalue weighted by Gasteiger charge is -2.10. The van der Waals surface area contributed by atoms with Crippen LogP contribution in [0.25, 0.3) is 0 Å². The zero-order valence-electron chi connectivity index (χ0n) is 16.0. The molecule has 0 spiro atoms. The second-order valence-electron chi connectivity index (χ2n) is 5.79. The number of aromatic carboxylic acids is 1. The summed E-state index contributed by atoms with van der Waals surface area (Å²) >= 11 is 0. The normalized spacial score (nSPS) is 10.4. The minimum Gasteiger partial charge on any atom is -0.493 e. The van der Waals surface area contributed by atoms with Crippen molar-refractivity contribution in [3.05, 3.63) is 59.2 Å². The number of amides is 2. The molecule has 0 aliphatic carbocycles. The van der Waals surface area contributed by atoms with Crippen molar-refractivity contribution in [1.29, 1.82) is 0 Å². The van der Waals surface area contributed by atoms with E-state index in [1.165, 1.54) is 19.2 Å². The van der Waals surface area contributed by atoms with Crippen LogP contribution in [0.4, 0.5) is 0 Å². The number of nitrogens with one attached hydrogen (secondary N) is 2. The Morgan fingerprint density at radius 2 is 1.76 bits per heavy atom. The lowest BCUT2D eigenvalue weighted by molar-refractivity contribution is -0.139. The van der Waals surface area contributed by atoms with Gasteiger partial charge in [-0.25, -0.2) is 10.2 Å². The average Bonchev–Trinajstić information content (AvgIpc) is 2.73. The first-order valence-corrected chi connectivity index (χ1v) is 8.60. The lowest BCUT2D eigenvalue weighted by atomic mass is 10.1. The maximum atomic E-state index is 11.8. The van der Waals surface area contributed by atoms with Gasteiger partial charge in [-0.2, -0.15) is 5.10 Å². The first-order valence-electron chi connectivity index (χ1n) is 8.60. The highest BCUT2D eigenvalue weighted by molar-refractivity contribution is 6.35. The quantitative estimate of drug-likeness (QED) is 0.348. The van der Waals surface area contributed by atoms with Crippen molar-refractivity contribution in [3.8, 4) is 11.5 Å². The van der Waals surface area contributed by atoms with Gasteiger partial charge in [0.25, 0.3) is 0 Å². The predicted molar refractivity (Wildman–Crippen MR) is 105 cm³/mol. The topological polar surface area (TPSA) is 126 Å². The summed E-state index contributed by atoms with van der Waals surface area (Å²) < 4.78 is 10.4. The molecule has 2 aromatic rings. The summed E-state index contributed by atoms with van der Waals surface area (Å²) in [6.07, 6.45) is 1.65. The Labute approximate surface area is 167 Å². The van der Waals surface area contributed by atoms with Crippen LogP contribution in [0.3, 0.4) is 0 Å². The van der Waals surface area contributed by atoms with Crippen LogP contribution in [0.2, 0.25) is 0 Å². The smallest absolute Gasteiger partial charge is 0.336 e. The zero-order valence-corrected chi connectivity index (χ0v) is 16.0. The fraction of sp³-hybridized carbons (Fsp3) is 0.200. The number of ether oxygens (including phenoxy) is 2. The fourth-order valence-electron chi connectivity index (χ4n) is 2.45. The van der Waals surface area contributed by atoms with E-state index in [0.29, 0.717) is 23.5 Å². The van der Waals surface area contributed by atoms with Gasteiger partial charge >= 0.3 is 17.8 Å². The molecule has 0 radical (unpaired) electrons. The summed E-state index contributed by atoms with van der Waals surface area (Å²) in [7, 11) is 3.07. The summed E-state index contributed by atoms with van der Waals surface area (Å²) in [5.41, 5.74) is 3.30. The van der Waals surface area contributed by atoms with Gasteiger partial charge < -0.3 is 19.9 Å². The van der Waals surface area contributed by atoms with E-state index >= 15 is 0 Å². The third-order valence-electron chi connectivity index (χ3n) is 3.91. The monoisotopic (exact) mass is 399 g/mol. The number of methoxy groups -OCH3 is 2. The molecule has 0 heterocycles. The number of rotatable bonds is 8. The molecular formula is C20H21N3O6. The van der Waals surface area contributed by atoms with Gasteiger partial charge in [0.05, 0.1) is 26.0 Å². The van der Waals surface area contributed by atoms with E-state index in [9.17, 15) is 14.4 Å². The van der Waals surface area contributed by atoms with Crippen LogP contribution in [0.1, 0.15) is 21.5 Å². The highest BCUT2D eigenvalue weighted by Crippen LogP contribution is 2.27. The van der Waals surface area contributed by atoms with Crippen LogP contribution in [0, 0.1) is 0 Å². The highest BCUT2D eigenvalue weighted by Gasteiger charge is 2.13. The van der Waals surface area contributed by atoms with Gasteiger partial charge in [-0.1, -0.05) is 24.3 Å². The van der Waals surface area contributed by atoms with E-state index in [1.54, 1.807) is 31.4 Å². The Morgan fingerprint density at radius 1 is 1.03 bits per heavy atom. The molecule has 0 aliphatic rings. The number of hydrazone groups is 1. The van der Waals surface area contributed by atoms with Crippen molar-refractivity contribution in [2.45, 2.75) is 6.42 Å². The molecule has 0 bridgehead atoms. The molecule has 9 nitrogen and oxygen atoms in total. The summed E-state index contributed by atoms with van der Waals surface area (Å²) in [4.78, 5) is 34.7. The molecule has 0 aliphatic heterocycles. The lowest BCUT2D eigenvalue weighted by Crippen LogP contribution is -2.38. The van der Waals surface area contributed by atoms with Crippen molar-refractivity contribution in [1.82, 2.24) is 10.7 Å². The van der Waals surface area contributed by atoms with Gasteiger partial charge in [0.1, 0.15) is 0 Å². The van der Waals surface area contributed by atoms with Crippen molar-refractivity contribution >= 4 is 24.0 Å². The van der Waals surface area contributed by atoms with Crippen LogP contribution < -0.4 is 20.2 Å². The predicted octanol–water partition coefficient (Wildman–Crippen LogP) is 1.21. The second kappa shape index (κ2) is 10.5. The number of carboxylic acid groups (broad SMARTS) is 1. The fourth-order valence-corrected chi connectivity index (χ4v) is 2.45. The van der Waals surface area contributed by atoms with Crippen LogP contribution in [-0.4, -0.2) is 49.9 Å². The van der Waals surface area contributed by atoms with Crippen LogP contribution in [-0.2, 0) is 16.0 Å². The maximum absolute atomic E-state index is 11.8. The summed E-state index contributed by atoms with van der Waals surface area (Å²) in [6.45, 7) is 0.229. The van der Waals surface area contributed by atoms with Gasteiger partial charge in [0.2, 0.25) is 0 Å². The minimum absolute atomic E-state index is 0.0323. The summed E-state index contributed by atoms with van der Waals surface area (Å²) in [5, 5.41) is 15.2. The van der Waals surface area contributed by atoms with Crippen molar-refractivity contribution in [3.63, 3.8) is 0 Å². The third kappa shape index (κ3) is 6.06.